The molecule has 0 bridgehead atoms. The van der Waals surface area contributed by atoms with Crippen LogP contribution in [0.15, 0.2) is 37.8 Å². The summed E-state index contributed by atoms with van der Waals surface area (Å²) in [5.74, 6) is 0. The molecule has 0 aromatic carbocycles. The summed E-state index contributed by atoms with van der Waals surface area (Å²) in [7, 11) is -24.2. The summed E-state index contributed by atoms with van der Waals surface area (Å²) in [6, 6.07) is 0.866. The van der Waals surface area contributed by atoms with Gasteiger partial charge >= 0.3 is 42.7 Å². The number of aliphatic hydroxyl groups is 4. The van der Waals surface area contributed by atoms with Crippen LogP contribution in [-0.4, -0.2) is 119 Å². The molecule has 290 valence electrons. The lowest BCUT2D eigenvalue weighted by atomic mass is 10.1. The Morgan fingerprint density at radius 2 is 1.17 bits per heavy atom. The summed E-state index contributed by atoms with van der Waals surface area (Å²) >= 11 is 0. The molecule has 0 radical (unpaired) electrons. The van der Waals surface area contributed by atoms with Crippen LogP contribution in [0.1, 0.15) is 12.5 Å². The van der Waals surface area contributed by atoms with Crippen molar-refractivity contribution in [1.82, 2.24) is 29.1 Å². The Morgan fingerprint density at radius 3 is 1.67 bits per heavy atom. The van der Waals surface area contributed by atoms with E-state index in [9.17, 15) is 77.4 Å². The number of nitrogens with zero attached hydrogens (tertiary/aromatic N) is 3. The number of hydrogen-bond acceptors (Lipinski definition) is 20. The molecular formula is C19H26N6O23P4. The Kier molecular flexibility index (Phi) is 11.5. The van der Waals surface area contributed by atoms with Gasteiger partial charge in [0.15, 0.2) is 18.0 Å². The van der Waals surface area contributed by atoms with Gasteiger partial charge in [0, 0.05) is 12.3 Å². The minimum atomic E-state index is -6.26. The smallest absolute Gasteiger partial charge is 0.387 e. The average Bonchev–Trinajstić information content (AvgIpc) is 3.63. The van der Waals surface area contributed by atoms with Crippen molar-refractivity contribution in [2.75, 3.05) is 13.2 Å². The monoisotopic (exact) mass is 830 g/mol. The van der Waals surface area contributed by atoms with Crippen molar-refractivity contribution in [2.24, 2.45) is 0 Å². The van der Waals surface area contributed by atoms with E-state index in [0.717, 1.165) is 23.2 Å². The molecule has 2 aliphatic rings. The highest BCUT2D eigenvalue weighted by Gasteiger charge is 2.50. The standard InChI is InChI=1S/C19H26N6O23P4/c26-8-1-2-24(19(33)21-8)16-12(29)10(27)6(44-16)3-42-49(34,35)46-51(38,39)48-52(40,41)47-50(36,37)43-4-7-11(28)13(30)17(45-7)25-5-20-9-14(25)22-18(32)23-15(9)31/h1-2,5-7,10-13,16-17,27-30H,3-4H2,(H,34,35)(H,36,37)(H,38,39)(H,40,41)(H,21,26,33)(H2,22,23,31,32)/t6-,7-,10-,11-,12-,13-,16+,17+/m1/s1. The van der Waals surface area contributed by atoms with Gasteiger partial charge in [0.1, 0.15) is 42.3 Å². The summed E-state index contributed by atoms with van der Waals surface area (Å²) in [5, 5.41) is 41.2. The molecule has 3 aromatic heterocycles. The van der Waals surface area contributed by atoms with Crippen LogP contribution in [0, 0.1) is 0 Å². The van der Waals surface area contributed by atoms with Gasteiger partial charge in [0.2, 0.25) is 0 Å². The Hall–Kier alpha value is -2.85. The quantitative estimate of drug-likeness (QED) is 0.0684. The van der Waals surface area contributed by atoms with E-state index in [1.807, 2.05) is 9.97 Å². The summed E-state index contributed by atoms with van der Waals surface area (Å²) in [6.45, 7) is -2.42. The second kappa shape index (κ2) is 14.8. The maximum atomic E-state index is 12.3. The molecule has 5 heterocycles. The fourth-order valence-corrected chi connectivity index (χ4v) is 9.72. The zero-order valence-electron chi connectivity index (χ0n) is 25.1. The number of nitrogens with one attached hydrogen (secondary N) is 3. The van der Waals surface area contributed by atoms with Crippen molar-refractivity contribution < 1.29 is 89.7 Å². The summed E-state index contributed by atoms with van der Waals surface area (Å²) in [4.78, 5) is 95.8. The van der Waals surface area contributed by atoms with Crippen LogP contribution < -0.4 is 22.5 Å². The largest absolute Gasteiger partial charge is 0.490 e. The second-order valence-electron chi connectivity index (χ2n) is 10.6. The minimum Gasteiger partial charge on any atom is -0.387 e. The summed E-state index contributed by atoms with van der Waals surface area (Å²) in [6.07, 6.45) is -12.5. The van der Waals surface area contributed by atoms with Crippen LogP contribution in [-0.2, 0) is 49.7 Å². The number of aromatic amines is 3. The van der Waals surface area contributed by atoms with Crippen LogP contribution in [0.2, 0.25) is 0 Å². The lowest BCUT2D eigenvalue weighted by Crippen LogP contribution is -2.37. The molecule has 0 spiro atoms. The van der Waals surface area contributed by atoms with Crippen molar-refractivity contribution in [3.8, 4) is 0 Å². The number of ether oxygens (including phenoxy) is 2. The molecule has 3 aromatic rings. The van der Waals surface area contributed by atoms with E-state index < -0.39 is 116 Å². The Morgan fingerprint density at radius 1 is 0.692 bits per heavy atom. The third-order valence-corrected chi connectivity index (χ3v) is 12.9. The average molecular weight is 830 g/mol. The first-order chi connectivity index (χ1) is 24.0. The van der Waals surface area contributed by atoms with Gasteiger partial charge in [-0.05, 0) is 0 Å². The molecule has 0 aliphatic carbocycles. The van der Waals surface area contributed by atoms with E-state index >= 15 is 0 Å². The summed E-state index contributed by atoms with van der Waals surface area (Å²) in [5.41, 5.74) is -4.33. The van der Waals surface area contributed by atoms with Gasteiger partial charge in [-0.15, -0.1) is 0 Å². The van der Waals surface area contributed by atoms with Gasteiger partial charge < -0.3 is 49.5 Å². The predicted octanol–water partition coefficient (Wildman–Crippen LogP) is -4.31. The maximum absolute atomic E-state index is 12.3. The van der Waals surface area contributed by atoms with Crippen molar-refractivity contribution in [1.29, 1.82) is 0 Å². The number of fused-ring (bicyclic) bond motifs is 1. The lowest BCUT2D eigenvalue weighted by molar-refractivity contribution is -0.0542. The highest BCUT2D eigenvalue weighted by molar-refractivity contribution is 7.69. The first kappa shape index (κ1) is 40.3. The normalized spacial score (nSPS) is 31.2. The number of phosphoric ester groups is 2. The molecule has 2 fully saturated rings. The molecule has 2 aliphatic heterocycles. The number of H-pyrrole nitrogens is 3. The molecule has 5 rings (SSSR count). The highest BCUT2D eigenvalue weighted by Crippen LogP contribution is 2.71. The zero-order chi connectivity index (χ0) is 38.6. The molecule has 29 nitrogen and oxygen atoms in total. The van der Waals surface area contributed by atoms with Crippen molar-refractivity contribution in [3.63, 3.8) is 0 Å². The molecule has 33 heteroatoms. The SMILES string of the molecule is O=c1ccn([C@H]2O[C@H](COP(=O)(O)OP(=O)(O)OP(=O)(O)OP(=O)(O)OC[C@H]3O[C@H](n4cnc5c(=O)[nH]c(=O)[nH]c54)[C@H](O)[C@@H]3O)[C@@H](O)[C@H]2O)c(=O)[nH]1. The number of rotatable bonds is 14. The fourth-order valence-electron chi connectivity index (χ4n) is 4.77. The van der Waals surface area contributed by atoms with E-state index in [1.165, 1.54) is 0 Å². The van der Waals surface area contributed by atoms with Gasteiger partial charge in [0.05, 0.1) is 19.5 Å². The predicted molar refractivity (Wildman–Crippen MR) is 159 cm³/mol. The van der Waals surface area contributed by atoms with Crippen molar-refractivity contribution >= 4 is 42.5 Å². The molecule has 2 saturated heterocycles. The van der Waals surface area contributed by atoms with Crippen LogP contribution >= 0.6 is 31.3 Å². The minimum absolute atomic E-state index is 0.257. The van der Waals surface area contributed by atoms with Crippen LogP contribution in [0.5, 0.6) is 0 Å². The molecular weight excluding hydrogens is 804 g/mol. The number of hydrogen-bond donors (Lipinski definition) is 11. The number of aromatic nitrogens is 6. The van der Waals surface area contributed by atoms with E-state index in [-0.39, 0.29) is 11.2 Å². The lowest BCUT2D eigenvalue weighted by Gasteiger charge is -2.21. The summed E-state index contributed by atoms with van der Waals surface area (Å²) < 4.78 is 81.5. The van der Waals surface area contributed by atoms with Gasteiger partial charge in [0.25, 0.3) is 11.1 Å². The van der Waals surface area contributed by atoms with Crippen molar-refractivity contribution in [2.45, 2.75) is 49.1 Å². The van der Waals surface area contributed by atoms with Crippen LogP contribution in [0.25, 0.3) is 11.2 Å². The maximum Gasteiger partial charge on any atom is 0.490 e. The third kappa shape index (κ3) is 9.08. The van der Waals surface area contributed by atoms with Gasteiger partial charge in [-0.25, -0.2) is 32.8 Å². The molecule has 4 unspecified atom stereocenters. The van der Waals surface area contributed by atoms with E-state index in [2.05, 4.69) is 31.9 Å². The van der Waals surface area contributed by atoms with E-state index in [1.54, 1.807) is 0 Å². The third-order valence-electron chi connectivity index (χ3n) is 6.96. The Balaban J connectivity index is 1.15. The molecule has 11 N–H and O–H groups in total. The van der Waals surface area contributed by atoms with Crippen LogP contribution in [0.4, 0.5) is 0 Å². The molecule has 0 amide bonds. The second-order valence-corrected chi connectivity index (χ2v) is 16.8. The number of aliphatic hydroxyl groups excluding tert-OH is 4. The fraction of sp³-hybridized carbons (Fsp3) is 0.526. The first-order valence-corrected chi connectivity index (χ1v) is 19.7. The van der Waals surface area contributed by atoms with Gasteiger partial charge in [-0.2, -0.15) is 12.9 Å². The molecule has 52 heavy (non-hydrogen) atoms. The first-order valence-electron chi connectivity index (χ1n) is 13.8. The Labute approximate surface area is 284 Å². The number of imidazole rings is 1. The van der Waals surface area contributed by atoms with E-state index in [4.69, 9.17) is 9.47 Å². The zero-order valence-corrected chi connectivity index (χ0v) is 28.7. The topological polar surface area (TPSA) is 433 Å². The highest BCUT2D eigenvalue weighted by atomic mass is 31.3. The van der Waals surface area contributed by atoms with E-state index in [0.29, 0.717) is 4.57 Å². The van der Waals surface area contributed by atoms with Gasteiger partial charge in [-0.3, -0.25) is 42.7 Å². The van der Waals surface area contributed by atoms with Crippen LogP contribution in [0.3, 0.4) is 0 Å². The Bertz CT molecular complexity index is 2250. The molecule has 0 saturated carbocycles. The van der Waals surface area contributed by atoms with Gasteiger partial charge in [-0.1, -0.05) is 0 Å². The number of phosphoric acid groups is 4. The van der Waals surface area contributed by atoms with Crippen molar-refractivity contribution in [3.05, 3.63) is 60.3 Å². The molecule has 12 atom stereocenters.